The third kappa shape index (κ3) is 3.64. The fourth-order valence-electron chi connectivity index (χ4n) is 1.73. The summed E-state index contributed by atoms with van der Waals surface area (Å²) in [6.07, 6.45) is 3.76. The molecule has 0 radical (unpaired) electrons. The van der Waals surface area contributed by atoms with Crippen LogP contribution >= 0.6 is 12.2 Å². The topological polar surface area (TPSA) is 57.4 Å². The number of thiocarbonyl (C=S) groups is 1. The van der Waals surface area contributed by atoms with Crippen molar-refractivity contribution in [2.75, 3.05) is 19.8 Å². The Morgan fingerprint density at radius 2 is 2.24 bits per heavy atom. The standard InChI is InChI=1S/C12H16N2O2S/c13-12(17)10-1-2-11(14-7-10)16-8-9-3-5-15-6-4-9/h1-2,7,9H,3-6,8H2,(H2,13,17). The zero-order valence-corrected chi connectivity index (χ0v) is 10.4. The number of nitrogens with two attached hydrogens (primary N) is 1. The van der Waals surface area contributed by atoms with Crippen LogP contribution in [0.3, 0.4) is 0 Å². The first-order valence-electron chi connectivity index (χ1n) is 5.72. The highest BCUT2D eigenvalue weighted by Crippen LogP contribution is 2.16. The van der Waals surface area contributed by atoms with Gasteiger partial charge in [-0.2, -0.15) is 0 Å². The Hall–Kier alpha value is -1.20. The second-order valence-electron chi connectivity index (χ2n) is 4.12. The van der Waals surface area contributed by atoms with Crippen molar-refractivity contribution >= 4 is 17.2 Å². The van der Waals surface area contributed by atoms with Gasteiger partial charge in [0.1, 0.15) is 4.99 Å². The van der Waals surface area contributed by atoms with E-state index in [2.05, 4.69) is 4.98 Å². The van der Waals surface area contributed by atoms with Crippen molar-refractivity contribution in [2.24, 2.45) is 11.7 Å². The Bertz CT molecular complexity index is 375. The Kier molecular flexibility index (Phi) is 4.28. The van der Waals surface area contributed by atoms with E-state index >= 15 is 0 Å². The molecule has 0 aliphatic carbocycles. The molecular formula is C12H16N2O2S. The maximum Gasteiger partial charge on any atom is 0.213 e. The van der Waals surface area contributed by atoms with Crippen LogP contribution in [0.5, 0.6) is 5.88 Å². The minimum absolute atomic E-state index is 0.355. The van der Waals surface area contributed by atoms with E-state index < -0.39 is 0 Å². The maximum absolute atomic E-state index is 5.63. The van der Waals surface area contributed by atoms with Crippen LogP contribution in [0.1, 0.15) is 18.4 Å². The van der Waals surface area contributed by atoms with Gasteiger partial charge < -0.3 is 15.2 Å². The van der Waals surface area contributed by atoms with Crippen LogP contribution < -0.4 is 10.5 Å². The molecule has 2 heterocycles. The van der Waals surface area contributed by atoms with Crippen LogP contribution in [0.4, 0.5) is 0 Å². The van der Waals surface area contributed by atoms with Crippen molar-refractivity contribution in [1.29, 1.82) is 0 Å². The van der Waals surface area contributed by atoms with Gasteiger partial charge in [-0.1, -0.05) is 12.2 Å². The van der Waals surface area contributed by atoms with E-state index in [1.54, 1.807) is 12.3 Å². The van der Waals surface area contributed by atoms with Gasteiger partial charge in [-0.3, -0.25) is 0 Å². The number of rotatable bonds is 4. The highest BCUT2D eigenvalue weighted by atomic mass is 32.1. The first kappa shape index (κ1) is 12.3. The molecule has 92 valence electrons. The SMILES string of the molecule is NC(=S)c1ccc(OCC2CCOCC2)nc1. The van der Waals surface area contributed by atoms with E-state index in [1.165, 1.54) is 0 Å². The molecule has 1 aliphatic heterocycles. The number of hydrogen-bond acceptors (Lipinski definition) is 4. The zero-order chi connectivity index (χ0) is 12.1. The monoisotopic (exact) mass is 252 g/mol. The van der Waals surface area contributed by atoms with Crippen molar-refractivity contribution in [3.05, 3.63) is 23.9 Å². The largest absolute Gasteiger partial charge is 0.477 e. The normalized spacial score (nSPS) is 16.7. The van der Waals surface area contributed by atoms with Crippen molar-refractivity contribution in [1.82, 2.24) is 4.98 Å². The second-order valence-corrected chi connectivity index (χ2v) is 4.56. The Morgan fingerprint density at radius 3 is 2.82 bits per heavy atom. The number of hydrogen-bond donors (Lipinski definition) is 1. The molecule has 4 nitrogen and oxygen atoms in total. The van der Waals surface area contributed by atoms with Crippen molar-refractivity contribution < 1.29 is 9.47 Å². The average molecular weight is 252 g/mol. The molecule has 0 unspecified atom stereocenters. The zero-order valence-electron chi connectivity index (χ0n) is 9.59. The Morgan fingerprint density at radius 1 is 1.47 bits per heavy atom. The van der Waals surface area contributed by atoms with E-state index in [1.807, 2.05) is 6.07 Å². The molecule has 1 aromatic heterocycles. The van der Waals surface area contributed by atoms with Crippen LogP contribution in [-0.2, 0) is 4.74 Å². The highest BCUT2D eigenvalue weighted by molar-refractivity contribution is 7.80. The molecule has 0 saturated carbocycles. The van der Waals surface area contributed by atoms with E-state index in [0.717, 1.165) is 31.6 Å². The summed E-state index contributed by atoms with van der Waals surface area (Å²) in [4.78, 5) is 4.52. The fourth-order valence-corrected chi connectivity index (χ4v) is 1.85. The van der Waals surface area contributed by atoms with Crippen molar-refractivity contribution in [3.63, 3.8) is 0 Å². The summed E-state index contributed by atoms with van der Waals surface area (Å²) in [6.45, 7) is 2.37. The molecule has 5 heteroatoms. The molecule has 0 amide bonds. The summed E-state index contributed by atoms with van der Waals surface area (Å²) >= 11 is 4.86. The summed E-state index contributed by atoms with van der Waals surface area (Å²) < 4.78 is 10.9. The Balaban J connectivity index is 1.84. The van der Waals surface area contributed by atoms with E-state index in [9.17, 15) is 0 Å². The molecule has 1 aromatic rings. The molecule has 2 N–H and O–H groups in total. The van der Waals surface area contributed by atoms with Gasteiger partial charge in [0, 0.05) is 31.0 Å². The second kappa shape index (κ2) is 5.93. The molecule has 17 heavy (non-hydrogen) atoms. The molecule has 0 bridgehead atoms. The lowest BCUT2D eigenvalue weighted by Crippen LogP contribution is -2.21. The summed E-state index contributed by atoms with van der Waals surface area (Å²) in [5.41, 5.74) is 6.25. The number of nitrogens with zero attached hydrogens (tertiary/aromatic N) is 1. The van der Waals surface area contributed by atoms with Crippen LogP contribution in [0.15, 0.2) is 18.3 Å². The summed E-state index contributed by atoms with van der Waals surface area (Å²) in [7, 11) is 0. The van der Waals surface area contributed by atoms with Crippen LogP contribution in [-0.4, -0.2) is 29.8 Å². The minimum Gasteiger partial charge on any atom is -0.477 e. The minimum atomic E-state index is 0.355. The van der Waals surface area contributed by atoms with Crippen molar-refractivity contribution in [2.45, 2.75) is 12.8 Å². The summed E-state index contributed by atoms with van der Waals surface area (Å²) in [5.74, 6) is 1.19. The molecule has 1 aliphatic rings. The van der Waals surface area contributed by atoms with Gasteiger partial charge >= 0.3 is 0 Å². The molecule has 2 rings (SSSR count). The predicted molar refractivity (Wildman–Crippen MR) is 69.2 cm³/mol. The van der Waals surface area contributed by atoms with Crippen LogP contribution in [0.2, 0.25) is 0 Å². The van der Waals surface area contributed by atoms with Gasteiger partial charge in [-0.15, -0.1) is 0 Å². The lowest BCUT2D eigenvalue weighted by molar-refractivity contribution is 0.0490. The van der Waals surface area contributed by atoms with Crippen molar-refractivity contribution in [3.8, 4) is 5.88 Å². The quantitative estimate of drug-likeness (QED) is 0.823. The molecule has 0 atom stereocenters. The smallest absolute Gasteiger partial charge is 0.213 e. The number of aromatic nitrogens is 1. The van der Waals surface area contributed by atoms with E-state index in [4.69, 9.17) is 27.4 Å². The molecule has 0 spiro atoms. The third-order valence-corrected chi connectivity index (χ3v) is 3.06. The summed E-state index contributed by atoms with van der Waals surface area (Å²) in [6, 6.07) is 3.63. The Labute approximate surface area is 106 Å². The van der Waals surface area contributed by atoms with Gasteiger partial charge in [0.25, 0.3) is 0 Å². The summed E-state index contributed by atoms with van der Waals surface area (Å²) in [5, 5.41) is 0. The third-order valence-electron chi connectivity index (χ3n) is 2.83. The predicted octanol–water partition coefficient (Wildman–Crippen LogP) is 1.52. The van der Waals surface area contributed by atoms with Crippen LogP contribution in [0, 0.1) is 5.92 Å². The molecule has 1 fully saturated rings. The maximum atomic E-state index is 5.63. The van der Waals surface area contributed by atoms with Crippen LogP contribution in [0.25, 0.3) is 0 Å². The highest BCUT2D eigenvalue weighted by Gasteiger charge is 2.14. The lowest BCUT2D eigenvalue weighted by Gasteiger charge is -2.21. The number of pyridine rings is 1. The average Bonchev–Trinajstić information content (AvgIpc) is 2.38. The van der Waals surface area contributed by atoms with E-state index in [-0.39, 0.29) is 0 Å². The van der Waals surface area contributed by atoms with Gasteiger partial charge in [-0.25, -0.2) is 4.98 Å². The van der Waals surface area contributed by atoms with E-state index in [0.29, 0.717) is 23.4 Å². The fraction of sp³-hybridized carbons (Fsp3) is 0.500. The molecular weight excluding hydrogens is 236 g/mol. The lowest BCUT2D eigenvalue weighted by atomic mass is 10.0. The van der Waals surface area contributed by atoms with Gasteiger partial charge in [0.2, 0.25) is 5.88 Å². The molecule has 0 aromatic carbocycles. The molecule has 1 saturated heterocycles. The van der Waals surface area contributed by atoms with Gasteiger partial charge in [0.15, 0.2) is 0 Å². The first-order valence-corrected chi connectivity index (χ1v) is 6.13. The first-order chi connectivity index (χ1) is 8.25. The van der Waals surface area contributed by atoms with Gasteiger partial charge in [-0.05, 0) is 24.8 Å². The van der Waals surface area contributed by atoms with Gasteiger partial charge in [0.05, 0.1) is 6.61 Å². The number of ether oxygens (including phenoxy) is 2.